The first-order valence-electron chi connectivity index (χ1n) is 8.83. The Kier molecular flexibility index (Phi) is 7.16. The average Bonchev–Trinajstić information content (AvgIpc) is 3.38. The Morgan fingerprint density at radius 1 is 1.32 bits per heavy atom. The minimum absolute atomic E-state index is 0.105. The van der Waals surface area contributed by atoms with Crippen LogP contribution < -0.4 is 10.2 Å². The van der Waals surface area contributed by atoms with Crippen molar-refractivity contribution in [3.63, 3.8) is 0 Å². The molecule has 3 rings (SSSR count). The molecular weight excluding hydrogens is 400 g/mol. The molecule has 0 aliphatic heterocycles. The zero-order valence-electron chi connectivity index (χ0n) is 15.6. The number of quaternary nitrogens is 1. The van der Waals surface area contributed by atoms with Crippen LogP contribution in [0.3, 0.4) is 0 Å². The number of halogens is 1. The fourth-order valence-corrected chi connectivity index (χ4v) is 3.45. The summed E-state index contributed by atoms with van der Waals surface area (Å²) in [6.07, 6.45) is 0. The van der Waals surface area contributed by atoms with E-state index in [1.165, 1.54) is 11.3 Å². The Hall–Kier alpha value is -2.26. The molecule has 2 heterocycles. The number of methoxy groups -OCH3 is 1. The maximum atomic E-state index is 12.7. The highest BCUT2D eigenvalue weighted by molar-refractivity contribution is 7.13. The predicted octanol–water partition coefficient (Wildman–Crippen LogP) is 2.51. The van der Waals surface area contributed by atoms with Crippen molar-refractivity contribution < 1.29 is 18.8 Å². The van der Waals surface area contributed by atoms with E-state index in [2.05, 4.69) is 15.5 Å². The van der Waals surface area contributed by atoms with E-state index < -0.39 is 0 Å². The highest BCUT2D eigenvalue weighted by atomic mass is 35.5. The molecule has 0 spiro atoms. The Labute approximate surface area is 172 Å². The van der Waals surface area contributed by atoms with E-state index in [1.54, 1.807) is 31.4 Å². The van der Waals surface area contributed by atoms with Crippen LogP contribution in [-0.2, 0) is 16.1 Å². The Balaban J connectivity index is 1.68. The van der Waals surface area contributed by atoms with Crippen LogP contribution in [0.25, 0.3) is 10.8 Å². The van der Waals surface area contributed by atoms with Gasteiger partial charge in [0.2, 0.25) is 0 Å². The van der Waals surface area contributed by atoms with Crippen molar-refractivity contribution in [2.45, 2.75) is 19.5 Å². The molecule has 0 aliphatic carbocycles. The van der Waals surface area contributed by atoms with Crippen molar-refractivity contribution in [2.75, 3.05) is 25.6 Å². The first-order valence-corrected chi connectivity index (χ1v) is 10.1. The number of rotatable bonds is 9. The van der Waals surface area contributed by atoms with Gasteiger partial charge in [0.25, 0.3) is 17.7 Å². The third-order valence-electron chi connectivity index (χ3n) is 4.32. The monoisotopic (exact) mass is 421 g/mol. The second-order valence-electron chi connectivity index (χ2n) is 6.27. The first kappa shape index (κ1) is 20.5. The maximum Gasteiger partial charge on any atom is 0.282 e. The molecule has 148 valence electrons. The average molecular weight is 422 g/mol. The van der Waals surface area contributed by atoms with E-state index in [1.807, 2.05) is 24.4 Å². The van der Waals surface area contributed by atoms with Crippen LogP contribution in [0, 0.1) is 0 Å². The summed E-state index contributed by atoms with van der Waals surface area (Å²) in [5.74, 6) is 0.876. The molecule has 28 heavy (non-hydrogen) atoms. The molecule has 0 aliphatic rings. The Bertz CT molecular complexity index is 883. The zero-order chi connectivity index (χ0) is 19.9. The van der Waals surface area contributed by atoms with E-state index in [0.717, 1.165) is 9.78 Å². The van der Waals surface area contributed by atoms with Crippen molar-refractivity contribution in [3.8, 4) is 10.8 Å². The number of nitrogens with zero attached hydrogens (tertiary/aromatic N) is 2. The second kappa shape index (κ2) is 9.79. The van der Waals surface area contributed by atoms with Crippen molar-refractivity contribution in [1.29, 1.82) is 0 Å². The summed E-state index contributed by atoms with van der Waals surface area (Å²) < 4.78 is 11.0. The highest BCUT2D eigenvalue weighted by Gasteiger charge is 2.27. The summed E-state index contributed by atoms with van der Waals surface area (Å²) in [5.41, 5.74) is 0.699. The fourth-order valence-electron chi connectivity index (χ4n) is 2.68. The summed E-state index contributed by atoms with van der Waals surface area (Å²) in [6.45, 7) is 3.44. The largest absolute Gasteiger partial charge is 0.414 e. The molecule has 1 aromatic carbocycles. The van der Waals surface area contributed by atoms with Crippen LogP contribution >= 0.6 is 22.9 Å². The number of thiophene rings is 1. The maximum absolute atomic E-state index is 12.7. The van der Waals surface area contributed by atoms with Gasteiger partial charge in [-0.05, 0) is 42.6 Å². The number of hydrogen-bond acceptors (Lipinski definition) is 6. The molecular formula is C19H22ClN4O3S+. The van der Waals surface area contributed by atoms with Crippen LogP contribution in [0.4, 0.5) is 5.69 Å². The van der Waals surface area contributed by atoms with Gasteiger partial charge in [0, 0.05) is 17.8 Å². The molecule has 2 atom stereocenters. The van der Waals surface area contributed by atoms with Gasteiger partial charge in [0.05, 0.1) is 11.5 Å². The molecule has 1 amide bonds. The normalized spacial score (nSPS) is 13.2. The van der Waals surface area contributed by atoms with Gasteiger partial charge in [0.1, 0.15) is 6.54 Å². The quantitative estimate of drug-likeness (QED) is 0.554. The minimum Gasteiger partial charge on any atom is -0.414 e. The lowest BCUT2D eigenvalue weighted by atomic mass is 10.2. The molecule has 0 fully saturated rings. The van der Waals surface area contributed by atoms with E-state index in [9.17, 15) is 4.79 Å². The summed E-state index contributed by atoms with van der Waals surface area (Å²) in [4.78, 5) is 14.6. The van der Waals surface area contributed by atoms with Crippen molar-refractivity contribution in [2.24, 2.45) is 0 Å². The molecule has 3 aromatic rings. The van der Waals surface area contributed by atoms with Crippen LogP contribution in [0.1, 0.15) is 12.8 Å². The van der Waals surface area contributed by atoms with Crippen molar-refractivity contribution >= 4 is 34.5 Å². The van der Waals surface area contributed by atoms with Gasteiger partial charge >= 0.3 is 0 Å². The first-order chi connectivity index (χ1) is 13.6. The van der Waals surface area contributed by atoms with Crippen molar-refractivity contribution in [1.82, 2.24) is 10.2 Å². The summed E-state index contributed by atoms with van der Waals surface area (Å²) in [7, 11) is 1.64. The standard InChI is InChI=1S/C19H21ClN4O3S/c1-13(18(25)21-15-7-5-14(20)6-8-15)24(9-10-26-2)12-17-22-23-19(27-17)16-4-3-11-28-16/h3-8,11,13H,9-10,12H2,1-2H3,(H,21,25)/p+1/t13-/m0/s1. The van der Waals surface area contributed by atoms with Gasteiger partial charge in [-0.25, -0.2) is 0 Å². The molecule has 9 heteroatoms. The van der Waals surface area contributed by atoms with Gasteiger partial charge < -0.3 is 19.4 Å². The fraction of sp³-hybridized carbons (Fsp3) is 0.316. The third-order valence-corrected chi connectivity index (χ3v) is 5.43. The lowest BCUT2D eigenvalue weighted by Crippen LogP contribution is -3.15. The highest BCUT2D eigenvalue weighted by Crippen LogP contribution is 2.22. The lowest BCUT2D eigenvalue weighted by Gasteiger charge is -2.23. The van der Waals surface area contributed by atoms with Crippen LogP contribution in [0.2, 0.25) is 5.02 Å². The van der Waals surface area contributed by atoms with E-state index >= 15 is 0 Å². The van der Waals surface area contributed by atoms with Crippen LogP contribution in [0.5, 0.6) is 0 Å². The molecule has 2 N–H and O–H groups in total. The molecule has 0 radical (unpaired) electrons. The number of benzene rings is 1. The molecule has 0 saturated carbocycles. The minimum atomic E-state index is -0.345. The molecule has 1 unspecified atom stereocenters. The van der Waals surface area contributed by atoms with Gasteiger partial charge in [0.15, 0.2) is 12.6 Å². The number of amides is 1. The van der Waals surface area contributed by atoms with Crippen LogP contribution in [0.15, 0.2) is 46.2 Å². The Morgan fingerprint density at radius 3 is 2.79 bits per heavy atom. The topological polar surface area (TPSA) is 81.7 Å². The van der Waals surface area contributed by atoms with Crippen LogP contribution in [-0.4, -0.2) is 42.4 Å². The third kappa shape index (κ3) is 5.39. The number of ether oxygens (including phenoxy) is 1. The molecule has 0 saturated heterocycles. The number of carbonyl (C=O) groups excluding carboxylic acids is 1. The lowest BCUT2D eigenvalue weighted by molar-refractivity contribution is -0.929. The summed E-state index contributed by atoms with van der Waals surface area (Å²) in [6, 6.07) is 10.5. The van der Waals surface area contributed by atoms with E-state index in [-0.39, 0.29) is 11.9 Å². The summed E-state index contributed by atoms with van der Waals surface area (Å²) >= 11 is 7.43. The van der Waals surface area contributed by atoms with Gasteiger partial charge in [-0.3, -0.25) is 4.79 Å². The summed E-state index contributed by atoms with van der Waals surface area (Å²) in [5, 5.41) is 13.7. The number of nitrogens with one attached hydrogen (secondary N) is 2. The molecule has 7 nitrogen and oxygen atoms in total. The number of anilines is 1. The smallest absolute Gasteiger partial charge is 0.282 e. The molecule has 0 bridgehead atoms. The van der Waals surface area contributed by atoms with Gasteiger partial charge in [-0.2, -0.15) is 0 Å². The van der Waals surface area contributed by atoms with Gasteiger partial charge in [-0.15, -0.1) is 21.5 Å². The van der Waals surface area contributed by atoms with E-state index in [0.29, 0.717) is 42.2 Å². The SMILES string of the molecule is COCC[NH+](Cc1nnc(-c2cccs2)o1)[C@@H](C)C(=O)Nc1ccc(Cl)cc1. The molecule has 2 aromatic heterocycles. The number of hydrogen-bond donors (Lipinski definition) is 2. The number of aromatic nitrogens is 2. The second-order valence-corrected chi connectivity index (χ2v) is 7.66. The zero-order valence-corrected chi connectivity index (χ0v) is 17.2. The number of carbonyl (C=O) groups is 1. The predicted molar refractivity (Wildman–Crippen MR) is 109 cm³/mol. The van der Waals surface area contributed by atoms with Gasteiger partial charge in [-0.1, -0.05) is 17.7 Å². The van der Waals surface area contributed by atoms with Crippen molar-refractivity contribution in [3.05, 3.63) is 52.7 Å². The van der Waals surface area contributed by atoms with E-state index in [4.69, 9.17) is 20.8 Å². The Morgan fingerprint density at radius 2 is 2.11 bits per heavy atom.